The smallest absolute Gasteiger partial charge is 0.244 e. The Morgan fingerprint density at radius 3 is 2.81 bits per heavy atom. The second kappa shape index (κ2) is 5.42. The molecule has 0 bridgehead atoms. The third-order valence-corrected chi connectivity index (χ3v) is 2.28. The molecule has 0 saturated carbocycles. The molecule has 1 unspecified atom stereocenters. The van der Waals surface area contributed by atoms with Gasteiger partial charge in [0.05, 0.1) is 11.7 Å². The molecule has 1 aromatic carbocycles. The van der Waals surface area contributed by atoms with E-state index in [1.54, 1.807) is 18.2 Å². The van der Waals surface area contributed by atoms with Crippen LogP contribution in [-0.4, -0.2) is 19.0 Å². The summed E-state index contributed by atoms with van der Waals surface area (Å²) in [5.74, 6) is -0.769. The number of amides is 1. The highest BCUT2D eigenvalue weighted by Gasteiger charge is 2.19. The number of rotatable bonds is 4. The topological polar surface area (TPSA) is 46.3 Å². The van der Waals surface area contributed by atoms with Crippen LogP contribution < -0.4 is 10.6 Å². The minimum Gasteiger partial charge on any atom is -0.320 e. The Morgan fingerprint density at radius 1 is 1.62 bits per heavy atom. The second-order valence-corrected chi connectivity index (χ2v) is 3.48. The summed E-state index contributed by atoms with van der Waals surface area (Å²) in [6.07, 6.45) is 1.94. The molecule has 0 aliphatic carbocycles. The highest BCUT2D eigenvalue weighted by atomic mass is 19.1. The minimum atomic E-state index is -0.679. The third-order valence-electron chi connectivity index (χ3n) is 2.28. The van der Waals surface area contributed by atoms with Crippen molar-refractivity contribution < 1.29 is 9.18 Å². The Bertz CT molecular complexity index is 392. The van der Waals surface area contributed by atoms with E-state index < -0.39 is 11.9 Å². The maximum atomic E-state index is 13.4. The molecule has 0 aliphatic rings. The van der Waals surface area contributed by atoms with Gasteiger partial charge in [0, 0.05) is 7.05 Å². The van der Waals surface area contributed by atoms with E-state index in [4.69, 9.17) is 5.73 Å². The largest absolute Gasteiger partial charge is 0.320 e. The van der Waals surface area contributed by atoms with Gasteiger partial charge in [-0.05, 0) is 18.6 Å². The van der Waals surface area contributed by atoms with Crippen LogP contribution in [0, 0.1) is 5.82 Å². The minimum absolute atomic E-state index is 0.229. The second-order valence-electron chi connectivity index (χ2n) is 3.48. The molecule has 4 heteroatoms. The Kier molecular flexibility index (Phi) is 4.19. The lowest BCUT2D eigenvalue weighted by molar-refractivity contribution is -0.119. The highest BCUT2D eigenvalue weighted by molar-refractivity contribution is 5.96. The van der Waals surface area contributed by atoms with Gasteiger partial charge in [0.25, 0.3) is 0 Å². The van der Waals surface area contributed by atoms with Crippen molar-refractivity contribution in [3.05, 3.63) is 42.7 Å². The summed E-state index contributed by atoms with van der Waals surface area (Å²) in [5.41, 5.74) is 5.86. The average molecular weight is 222 g/mol. The standard InChI is InChI=1S/C12H15FN2O/c1-3-6-10(14)12(16)15(2)11-8-5-4-7-9(11)13/h3-5,7-8,10H,1,6,14H2,2H3. The van der Waals surface area contributed by atoms with E-state index in [1.165, 1.54) is 24.1 Å². The van der Waals surface area contributed by atoms with Crippen LogP contribution in [0.4, 0.5) is 10.1 Å². The van der Waals surface area contributed by atoms with Gasteiger partial charge in [-0.1, -0.05) is 18.2 Å². The molecule has 0 spiro atoms. The van der Waals surface area contributed by atoms with Crippen molar-refractivity contribution in [1.82, 2.24) is 0 Å². The molecule has 0 radical (unpaired) electrons. The van der Waals surface area contributed by atoms with Crippen molar-refractivity contribution in [2.75, 3.05) is 11.9 Å². The SMILES string of the molecule is C=CCC(N)C(=O)N(C)c1ccccc1F. The lowest BCUT2D eigenvalue weighted by Gasteiger charge is -2.21. The first-order chi connectivity index (χ1) is 7.57. The number of benzene rings is 1. The number of likely N-dealkylation sites (N-methyl/N-ethyl adjacent to an activating group) is 1. The number of nitrogens with zero attached hydrogens (tertiary/aromatic N) is 1. The van der Waals surface area contributed by atoms with Crippen molar-refractivity contribution in [3.63, 3.8) is 0 Å². The molecule has 0 saturated heterocycles. The molecule has 2 N–H and O–H groups in total. The molecule has 1 aromatic rings. The van der Waals surface area contributed by atoms with Crippen LogP contribution in [0.5, 0.6) is 0 Å². The van der Waals surface area contributed by atoms with E-state index in [2.05, 4.69) is 6.58 Å². The van der Waals surface area contributed by atoms with Crippen LogP contribution in [-0.2, 0) is 4.79 Å². The lowest BCUT2D eigenvalue weighted by atomic mass is 10.2. The van der Waals surface area contributed by atoms with Gasteiger partial charge < -0.3 is 10.6 Å². The molecule has 0 fully saturated rings. The monoisotopic (exact) mass is 222 g/mol. The van der Waals surface area contributed by atoms with E-state index >= 15 is 0 Å². The van der Waals surface area contributed by atoms with Crippen molar-refractivity contribution in [1.29, 1.82) is 0 Å². The molecule has 1 rings (SSSR count). The van der Waals surface area contributed by atoms with E-state index in [9.17, 15) is 9.18 Å². The van der Waals surface area contributed by atoms with Gasteiger partial charge in [-0.2, -0.15) is 0 Å². The van der Waals surface area contributed by atoms with E-state index in [0.717, 1.165) is 0 Å². The fourth-order valence-electron chi connectivity index (χ4n) is 1.37. The number of nitrogens with two attached hydrogens (primary N) is 1. The predicted molar refractivity (Wildman–Crippen MR) is 62.6 cm³/mol. The van der Waals surface area contributed by atoms with Crippen molar-refractivity contribution in [3.8, 4) is 0 Å². The quantitative estimate of drug-likeness (QED) is 0.788. The number of anilines is 1. The summed E-state index contributed by atoms with van der Waals surface area (Å²) in [4.78, 5) is 13.0. The van der Waals surface area contributed by atoms with Gasteiger partial charge in [0.15, 0.2) is 0 Å². The molecule has 0 heterocycles. The first-order valence-electron chi connectivity index (χ1n) is 4.96. The molecular weight excluding hydrogens is 207 g/mol. The summed E-state index contributed by atoms with van der Waals surface area (Å²) in [5, 5.41) is 0. The van der Waals surface area contributed by atoms with Gasteiger partial charge in [0.1, 0.15) is 5.82 Å². The summed E-state index contributed by atoms with van der Waals surface area (Å²) in [7, 11) is 1.50. The Labute approximate surface area is 94.4 Å². The van der Waals surface area contributed by atoms with Crippen LogP contribution in [0.1, 0.15) is 6.42 Å². The van der Waals surface area contributed by atoms with Gasteiger partial charge in [0.2, 0.25) is 5.91 Å². The number of para-hydroxylation sites is 1. The van der Waals surface area contributed by atoms with Gasteiger partial charge in [-0.15, -0.1) is 6.58 Å². The molecule has 16 heavy (non-hydrogen) atoms. The fourth-order valence-corrected chi connectivity index (χ4v) is 1.37. The molecule has 0 aliphatic heterocycles. The average Bonchev–Trinajstić information content (AvgIpc) is 2.28. The Morgan fingerprint density at radius 2 is 2.25 bits per heavy atom. The first kappa shape index (κ1) is 12.4. The molecule has 86 valence electrons. The third kappa shape index (κ3) is 2.67. The summed E-state index contributed by atoms with van der Waals surface area (Å²) in [6.45, 7) is 3.51. The zero-order valence-corrected chi connectivity index (χ0v) is 9.19. The lowest BCUT2D eigenvalue weighted by Crippen LogP contribution is -2.41. The number of carbonyl (C=O) groups is 1. The molecular formula is C12H15FN2O. The number of hydrogen-bond acceptors (Lipinski definition) is 2. The number of hydrogen-bond donors (Lipinski definition) is 1. The van der Waals surface area contributed by atoms with Crippen LogP contribution in [0.15, 0.2) is 36.9 Å². The van der Waals surface area contributed by atoms with Crippen molar-refractivity contribution in [2.45, 2.75) is 12.5 Å². The number of halogens is 1. The van der Waals surface area contributed by atoms with Gasteiger partial charge in [-0.25, -0.2) is 4.39 Å². The van der Waals surface area contributed by atoms with Crippen molar-refractivity contribution in [2.24, 2.45) is 5.73 Å². The fraction of sp³-hybridized carbons (Fsp3) is 0.250. The van der Waals surface area contributed by atoms with Crippen LogP contribution in [0.3, 0.4) is 0 Å². The summed E-state index contributed by atoms with van der Waals surface area (Å²) < 4.78 is 13.4. The summed E-state index contributed by atoms with van der Waals surface area (Å²) >= 11 is 0. The normalized spacial score (nSPS) is 11.9. The van der Waals surface area contributed by atoms with Crippen LogP contribution in [0.2, 0.25) is 0 Å². The van der Waals surface area contributed by atoms with Crippen molar-refractivity contribution >= 4 is 11.6 Å². The first-order valence-corrected chi connectivity index (χ1v) is 4.96. The predicted octanol–water partition coefficient (Wildman–Crippen LogP) is 1.69. The maximum absolute atomic E-state index is 13.4. The molecule has 3 nitrogen and oxygen atoms in total. The maximum Gasteiger partial charge on any atom is 0.244 e. The zero-order chi connectivity index (χ0) is 12.1. The van der Waals surface area contributed by atoms with E-state index in [1.807, 2.05) is 0 Å². The van der Waals surface area contributed by atoms with Gasteiger partial charge in [-0.3, -0.25) is 4.79 Å². The van der Waals surface area contributed by atoms with E-state index in [-0.39, 0.29) is 11.6 Å². The molecule has 0 aromatic heterocycles. The highest BCUT2D eigenvalue weighted by Crippen LogP contribution is 2.17. The van der Waals surface area contributed by atoms with E-state index in [0.29, 0.717) is 6.42 Å². The Hall–Kier alpha value is -1.68. The van der Waals surface area contributed by atoms with Crippen LogP contribution >= 0.6 is 0 Å². The number of carbonyl (C=O) groups excluding carboxylic acids is 1. The molecule has 1 atom stereocenters. The zero-order valence-electron chi connectivity index (χ0n) is 9.19. The Balaban J connectivity index is 2.86. The summed E-state index contributed by atoms with van der Waals surface area (Å²) in [6, 6.07) is 5.40. The van der Waals surface area contributed by atoms with Crippen LogP contribution in [0.25, 0.3) is 0 Å². The van der Waals surface area contributed by atoms with Gasteiger partial charge >= 0.3 is 0 Å². The molecule has 1 amide bonds.